The van der Waals surface area contributed by atoms with Crippen LogP contribution in [-0.4, -0.2) is 16.0 Å². The lowest BCUT2D eigenvalue weighted by atomic mass is 10.1. The summed E-state index contributed by atoms with van der Waals surface area (Å²) >= 11 is 0. The van der Waals surface area contributed by atoms with Gasteiger partial charge in [0.25, 0.3) is 5.56 Å². The Morgan fingerprint density at radius 1 is 1.17 bits per heavy atom. The number of aromatic amines is 1. The average Bonchev–Trinajstić information content (AvgIpc) is 2.51. The normalized spacial score (nSPS) is 10.7. The number of amides is 1. The number of fused-ring (bicyclic) bond motifs is 1. The Hall–Kier alpha value is -3.15. The van der Waals surface area contributed by atoms with E-state index in [0.29, 0.717) is 10.9 Å². The number of hydrogen-bond acceptors (Lipinski definition) is 3. The maximum Gasteiger partial charge on any atom is 0.255 e. The summed E-state index contributed by atoms with van der Waals surface area (Å²) in [7, 11) is 0. The van der Waals surface area contributed by atoms with Crippen LogP contribution < -0.4 is 10.9 Å². The minimum Gasteiger partial charge on any atom is -0.507 e. The Morgan fingerprint density at radius 2 is 1.96 bits per heavy atom. The van der Waals surface area contributed by atoms with E-state index in [4.69, 9.17) is 0 Å². The molecule has 0 unspecified atom stereocenters. The fourth-order valence-electron chi connectivity index (χ4n) is 2.36. The van der Waals surface area contributed by atoms with Crippen molar-refractivity contribution in [3.63, 3.8) is 0 Å². The van der Waals surface area contributed by atoms with Gasteiger partial charge in [0.1, 0.15) is 11.6 Å². The molecule has 0 aliphatic carbocycles. The van der Waals surface area contributed by atoms with Crippen LogP contribution in [0.4, 0.5) is 10.1 Å². The van der Waals surface area contributed by atoms with E-state index < -0.39 is 17.3 Å². The number of benzene rings is 2. The SMILES string of the molecule is O=C(Cc1c(O)c2ccccc2[nH]c1=O)Nc1cccc(F)c1. The summed E-state index contributed by atoms with van der Waals surface area (Å²) in [5.74, 6) is -1.22. The number of rotatable bonds is 3. The van der Waals surface area contributed by atoms with E-state index in [-0.39, 0.29) is 23.4 Å². The molecule has 0 atom stereocenters. The van der Waals surface area contributed by atoms with Crippen LogP contribution in [0, 0.1) is 5.82 Å². The van der Waals surface area contributed by atoms with Gasteiger partial charge in [0.15, 0.2) is 0 Å². The Bertz CT molecular complexity index is 950. The molecule has 6 heteroatoms. The number of pyridine rings is 1. The Balaban J connectivity index is 1.89. The smallest absolute Gasteiger partial charge is 0.255 e. The lowest BCUT2D eigenvalue weighted by Crippen LogP contribution is -2.21. The van der Waals surface area contributed by atoms with Crippen molar-refractivity contribution in [2.75, 3.05) is 5.32 Å². The van der Waals surface area contributed by atoms with E-state index in [0.717, 1.165) is 0 Å². The second-order valence-electron chi connectivity index (χ2n) is 5.06. The van der Waals surface area contributed by atoms with Gasteiger partial charge in [-0.15, -0.1) is 0 Å². The van der Waals surface area contributed by atoms with Crippen LogP contribution in [0.3, 0.4) is 0 Å². The molecule has 0 bridgehead atoms. The molecule has 0 saturated heterocycles. The summed E-state index contributed by atoms with van der Waals surface area (Å²) in [6.07, 6.45) is -0.317. The number of carbonyl (C=O) groups excluding carboxylic acids is 1. The number of aromatic hydroxyl groups is 1. The number of hydrogen-bond donors (Lipinski definition) is 3. The molecule has 0 aliphatic heterocycles. The van der Waals surface area contributed by atoms with Gasteiger partial charge in [-0.2, -0.15) is 0 Å². The molecule has 0 radical (unpaired) electrons. The maximum atomic E-state index is 13.1. The van der Waals surface area contributed by atoms with Crippen LogP contribution >= 0.6 is 0 Å². The van der Waals surface area contributed by atoms with Crippen molar-refractivity contribution in [1.29, 1.82) is 0 Å². The first kappa shape index (κ1) is 14.8. The van der Waals surface area contributed by atoms with Gasteiger partial charge in [-0.1, -0.05) is 18.2 Å². The fraction of sp³-hybridized carbons (Fsp3) is 0.0588. The second-order valence-corrected chi connectivity index (χ2v) is 5.06. The predicted molar refractivity (Wildman–Crippen MR) is 85.0 cm³/mol. The van der Waals surface area contributed by atoms with Crippen LogP contribution in [0.2, 0.25) is 0 Å². The number of para-hydroxylation sites is 1. The Morgan fingerprint density at radius 3 is 2.74 bits per heavy atom. The van der Waals surface area contributed by atoms with Crippen molar-refractivity contribution in [1.82, 2.24) is 4.98 Å². The molecule has 1 aromatic heterocycles. The zero-order chi connectivity index (χ0) is 16.4. The van der Waals surface area contributed by atoms with Gasteiger partial charge in [-0.05, 0) is 30.3 Å². The Kier molecular flexibility index (Phi) is 3.80. The quantitative estimate of drug-likeness (QED) is 0.695. The van der Waals surface area contributed by atoms with Crippen molar-refractivity contribution < 1.29 is 14.3 Å². The highest BCUT2D eigenvalue weighted by molar-refractivity contribution is 5.94. The number of aromatic nitrogens is 1. The summed E-state index contributed by atoms with van der Waals surface area (Å²) in [5.41, 5.74) is 0.212. The third-order valence-electron chi connectivity index (χ3n) is 3.44. The molecule has 1 amide bonds. The monoisotopic (exact) mass is 312 g/mol. The van der Waals surface area contributed by atoms with Crippen molar-refractivity contribution >= 4 is 22.5 Å². The number of anilines is 1. The van der Waals surface area contributed by atoms with E-state index in [1.165, 1.54) is 24.3 Å². The van der Waals surface area contributed by atoms with Crippen LogP contribution in [0.5, 0.6) is 5.75 Å². The largest absolute Gasteiger partial charge is 0.507 e. The van der Waals surface area contributed by atoms with Gasteiger partial charge in [0.2, 0.25) is 5.91 Å². The molecule has 2 aromatic carbocycles. The van der Waals surface area contributed by atoms with Crippen LogP contribution in [-0.2, 0) is 11.2 Å². The van der Waals surface area contributed by atoms with Crippen molar-refractivity contribution in [3.8, 4) is 5.75 Å². The van der Waals surface area contributed by atoms with Gasteiger partial charge in [0.05, 0.1) is 17.5 Å². The van der Waals surface area contributed by atoms with Crippen LogP contribution in [0.15, 0.2) is 53.3 Å². The van der Waals surface area contributed by atoms with E-state index in [2.05, 4.69) is 10.3 Å². The van der Waals surface area contributed by atoms with Crippen LogP contribution in [0.1, 0.15) is 5.56 Å². The summed E-state index contributed by atoms with van der Waals surface area (Å²) in [4.78, 5) is 26.7. The molecule has 0 aliphatic rings. The molecular formula is C17H13FN2O3. The van der Waals surface area contributed by atoms with Gasteiger partial charge in [0, 0.05) is 11.1 Å². The third kappa shape index (κ3) is 3.06. The standard InChI is InChI=1S/C17H13FN2O3/c18-10-4-3-5-11(8-10)19-15(21)9-13-16(22)12-6-1-2-7-14(12)20-17(13)23/h1-8H,9H2,(H,19,21)(H2,20,22,23). The van der Waals surface area contributed by atoms with E-state index >= 15 is 0 Å². The van der Waals surface area contributed by atoms with Crippen LogP contribution in [0.25, 0.3) is 10.9 Å². The van der Waals surface area contributed by atoms with Crippen molar-refractivity contribution in [3.05, 3.63) is 70.3 Å². The van der Waals surface area contributed by atoms with Crippen molar-refractivity contribution in [2.24, 2.45) is 0 Å². The first-order valence-electron chi connectivity index (χ1n) is 6.93. The summed E-state index contributed by atoms with van der Waals surface area (Å²) in [5, 5.41) is 13.2. The number of nitrogens with one attached hydrogen (secondary N) is 2. The highest BCUT2D eigenvalue weighted by atomic mass is 19.1. The van der Waals surface area contributed by atoms with Crippen molar-refractivity contribution in [2.45, 2.75) is 6.42 Å². The zero-order valence-corrected chi connectivity index (χ0v) is 12.0. The lowest BCUT2D eigenvalue weighted by molar-refractivity contribution is -0.115. The average molecular weight is 312 g/mol. The van der Waals surface area contributed by atoms with E-state index in [1.807, 2.05) is 0 Å². The van der Waals surface area contributed by atoms with Gasteiger partial charge in [-0.3, -0.25) is 9.59 Å². The molecule has 0 saturated carbocycles. The second kappa shape index (κ2) is 5.92. The molecule has 5 nitrogen and oxygen atoms in total. The topological polar surface area (TPSA) is 82.2 Å². The molecule has 3 N–H and O–H groups in total. The first-order chi connectivity index (χ1) is 11.0. The van der Waals surface area contributed by atoms with E-state index in [9.17, 15) is 19.1 Å². The zero-order valence-electron chi connectivity index (χ0n) is 12.0. The number of halogens is 1. The minimum atomic E-state index is -0.532. The van der Waals surface area contributed by atoms with E-state index in [1.54, 1.807) is 24.3 Å². The summed E-state index contributed by atoms with van der Waals surface area (Å²) in [6.45, 7) is 0. The summed E-state index contributed by atoms with van der Waals surface area (Å²) < 4.78 is 13.1. The van der Waals surface area contributed by atoms with Gasteiger partial charge in [-0.25, -0.2) is 4.39 Å². The highest BCUT2D eigenvalue weighted by Gasteiger charge is 2.15. The molecule has 23 heavy (non-hydrogen) atoms. The molecular weight excluding hydrogens is 299 g/mol. The first-order valence-corrected chi connectivity index (χ1v) is 6.93. The molecule has 1 heterocycles. The third-order valence-corrected chi connectivity index (χ3v) is 3.44. The maximum absolute atomic E-state index is 13.1. The molecule has 0 spiro atoms. The molecule has 116 valence electrons. The number of carbonyl (C=O) groups is 1. The molecule has 3 rings (SSSR count). The molecule has 0 fully saturated rings. The summed E-state index contributed by atoms with van der Waals surface area (Å²) in [6, 6.07) is 12.2. The minimum absolute atomic E-state index is 0.0300. The highest BCUT2D eigenvalue weighted by Crippen LogP contribution is 2.24. The fourth-order valence-corrected chi connectivity index (χ4v) is 2.36. The predicted octanol–water partition coefficient (Wildman–Crippen LogP) is 2.55. The van der Waals surface area contributed by atoms with Gasteiger partial charge >= 0.3 is 0 Å². The Labute approximate surface area is 130 Å². The van der Waals surface area contributed by atoms with Gasteiger partial charge < -0.3 is 15.4 Å². The number of H-pyrrole nitrogens is 1. The molecule has 3 aromatic rings. The lowest BCUT2D eigenvalue weighted by Gasteiger charge is -2.08.